The highest BCUT2D eigenvalue weighted by molar-refractivity contribution is 5.90. The van der Waals surface area contributed by atoms with Gasteiger partial charge in [-0.1, -0.05) is 0 Å². The number of aliphatic hydroxyl groups is 4. The SMILES string of the molecule is COc1cc(C(=O)OCc2occc(=O)c2O[C@@H]2O[C@H](CO)[C@@H](O)[C@H](O)[C@H]2O)ccc1O. The number of rotatable bonds is 7. The van der Waals surface area contributed by atoms with Gasteiger partial charge in [0, 0.05) is 6.07 Å². The van der Waals surface area contributed by atoms with Gasteiger partial charge in [-0.3, -0.25) is 4.79 Å². The molecule has 12 nitrogen and oxygen atoms in total. The summed E-state index contributed by atoms with van der Waals surface area (Å²) in [6.07, 6.45) is -6.93. The quantitative estimate of drug-likeness (QED) is 0.318. The van der Waals surface area contributed by atoms with Gasteiger partial charge in [0.2, 0.25) is 17.5 Å². The summed E-state index contributed by atoms with van der Waals surface area (Å²) >= 11 is 0. The number of benzene rings is 1. The van der Waals surface area contributed by atoms with Crippen molar-refractivity contribution in [2.45, 2.75) is 37.3 Å². The van der Waals surface area contributed by atoms with Crippen LogP contribution in [0.15, 0.2) is 39.7 Å². The smallest absolute Gasteiger partial charge is 0.338 e. The Morgan fingerprint density at radius 2 is 1.88 bits per heavy atom. The van der Waals surface area contributed by atoms with E-state index in [1.165, 1.54) is 25.3 Å². The lowest BCUT2D eigenvalue weighted by Gasteiger charge is -2.39. The number of phenolic OH excluding ortho intramolecular Hbond substituents is 1. The number of hydrogen-bond acceptors (Lipinski definition) is 12. The van der Waals surface area contributed by atoms with E-state index in [-0.39, 0.29) is 22.8 Å². The number of esters is 1. The third kappa shape index (κ3) is 4.84. The molecule has 1 aromatic heterocycles. The predicted octanol–water partition coefficient (Wildman–Crippen LogP) is -1.11. The van der Waals surface area contributed by atoms with E-state index in [1.807, 2.05) is 0 Å². The fourth-order valence-corrected chi connectivity index (χ4v) is 2.97. The van der Waals surface area contributed by atoms with Gasteiger partial charge in [0.05, 0.1) is 25.5 Å². The molecule has 2 aromatic rings. The van der Waals surface area contributed by atoms with Crippen LogP contribution in [0.2, 0.25) is 0 Å². The molecule has 2 heterocycles. The molecule has 5 N–H and O–H groups in total. The summed E-state index contributed by atoms with van der Waals surface area (Å²) in [5, 5.41) is 48.7. The van der Waals surface area contributed by atoms with Crippen molar-refractivity contribution in [1.29, 1.82) is 0 Å². The van der Waals surface area contributed by atoms with E-state index in [2.05, 4.69) is 0 Å². The van der Waals surface area contributed by atoms with Crippen LogP contribution in [0, 0.1) is 0 Å². The molecule has 0 unspecified atom stereocenters. The van der Waals surface area contributed by atoms with E-state index in [0.717, 1.165) is 12.3 Å². The molecular formula is C20H22O12. The summed E-state index contributed by atoms with van der Waals surface area (Å²) in [6.45, 7) is -1.24. The van der Waals surface area contributed by atoms with Crippen molar-refractivity contribution < 1.29 is 53.7 Å². The van der Waals surface area contributed by atoms with Crippen LogP contribution in [0.5, 0.6) is 17.2 Å². The van der Waals surface area contributed by atoms with Crippen molar-refractivity contribution in [3.8, 4) is 17.2 Å². The van der Waals surface area contributed by atoms with Gasteiger partial charge in [-0.2, -0.15) is 0 Å². The average Bonchev–Trinajstić information content (AvgIpc) is 2.79. The van der Waals surface area contributed by atoms with Crippen LogP contribution >= 0.6 is 0 Å². The first-order valence-corrected chi connectivity index (χ1v) is 9.38. The monoisotopic (exact) mass is 454 g/mol. The molecular weight excluding hydrogens is 432 g/mol. The number of aliphatic hydroxyl groups excluding tert-OH is 4. The number of aromatic hydroxyl groups is 1. The number of ether oxygens (including phenoxy) is 4. The highest BCUT2D eigenvalue weighted by Crippen LogP contribution is 2.28. The molecule has 0 aliphatic carbocycles. The van der Waals surface area contributed by atoms with Crippen LogP contribution in [-0.4, -0.2) is 75.9 Å². The molecule has 1 aliphatic heterocycles. The number of carbonyl (C=O) groups is 1. The van der Waals surface area contributed by atoms with E-state index >= 15 is 0 Å². The molecule has 1 saturated heterocycles. The van der Waals surface area contributed by atoms with Crippen LogP contribution in [-0.2, 0) is 16.1 Å². The molecule has 1 aromatic carbocycles. The molecule has 1 aliphatic rings. The minimum absolute atomic E-state index is 0.0503. The van der Waals surface area contributed by atoms with Crippen molar-refractivity contribution >= 4 is 5.97 Å². The van der Waals surface area contributed by atoms with Crippen molar-refractivity contribution in [2.75, 3.05) is 13.7 Å². The molecule has 174 valence electrons. The average molecular weight is 454 g/mol. The van der Waals surface area contributed by atoms with Crippen molar-refractivity contribution in [3.63, 3.8) is 0 Å². The van der Waals surface area contributed by atoms with Crippen molar-refractivity contribution in [3.05, 3.63) is 52.1 Å². The first-order chi connectivity index (χ1) is 15.3. The van der Waals surface area contributed by atoms with Crippen LogP contribution in [0.3, 0.4) is 0 Å². The number of hydrogen-bond donors (Lipinski definition) is 5. The minimum Gasteiger partial charge on any atom is -0.504 e. The summed E-state index contributed by atoms with van der Waals surface area (Å²) in [5.41, 5.74) is -0.653. The Bertz CT molecular complexity index is 1000. The van der Waals surface area contributed by atoms with E-state index < -0.39 is 61.1 Å². The molecule has 32 heavy (non-hydrogen) atoms. The largest absolute Gasteiger partial charge is 0.504 e. The van der Waals surface area contributed by atoms with Gasteiger partial charge in [0.1, 0.15) is 24.4 Å². The van der Waals surface area contributed by atoms with E-state index in [9.17, 15) is 35.1 Å². The van der Waals surface area contributed by atoms with Crippen LogP contribution in [0.1, 0.15) is 16.1 Å². The zero-order valence-corrected chi connectivity index (χ0v) is 16.8. The summed E-state index contributed by atoms with van der Waals surface area (Å²) in [7, 11) is 1.31. The summed E-state index contributed by atoms with van der Waals surface area (Å²) in [4.78, 5) is 24.6. The highest BCUT2D eigenvalue weighted by atomic mass is 16.7. The molecule has 12 heteroatoms. The zero-order valence-electron chi connectivity index (χ0n) is 16.8. The van der Waals surface area contributed by atoms with Gasteiger partial charge in [-0.25, -0.2) is 4.79 Å². The Labute approximate surface area is 180 Å². The number of methoxy groups -OCH3 is 1. The maximum atomic E-state index is 12.3. The lowest BCUT2D eigenvalue weighted by atomic mass is 9.99. The molecule has 5 atom stereocenters. The number of carbonyl (C=O) groups excluding carboxylic acids is 1. The van der Waals surface area contributed by atoms with Gasteiger partial charge < -0.3 is 48.9 Å². The molecule has 0 radical (unpaired) electrons. The zero-order chi connectivity index (χ0) is 23.4. The molecule has 3 rings (SSSR count). The Hall–Kier alpha value is -3.16. The van der Waals surface area contributed by atoms with Crippen LogP contribution in [0.25, 0.3) is 0 Å². The van der Waals surface area contributed by atoms with Crippen LogP contribution < -0.4 is 14.9 Å². The standard InChI is InChI=1S/C20H22O12/c1-28-12-6-9(2-3-10(12)22)19(27)30-8-14-18(11(23)4-5-29-14)32-20-17(26)16(25)15(24)13(7-21)31-20/h2-6,13,15-17,20-22,24-26H,7-8H2,1H3/t13-,15-,16+,17-,20+/m1/s1. The molecule has 0 saturated carbocycles. The summed E-state index contributed by atoms with van der Waals surface area (Å²) in [5.74, 6) is -1.64. The van der Waals surface area contributed by atoms with Gasteiger partial charge in [0.15, 0.2) is 23.9 Å². The van der Waals surface area contributed by atoms with E-state index in [1.54, 1.807) is 0 Å². The van der Waals surface area contributed by atoms with Gasteiger partial charge in [-0.15, -0.1) is 0 Å². The summed E-state index contributed by atoms with van der Waals surface area (Å²) < 4.78 is 25.8. The molecule has 0 amide bonds. The second-order valence-corrected chi connectivity index (χ2v) is 6.82. The molecule has 0 bridgehead atoms. The van der Waals surface area contributed by atoms with Gasteiger partial charge >= 0.3 is 5.97 Å². The third-order valence-corrected chi connectivity index (χ3v) is 4.74. The fourth-order valence-electron chi connectivity index (χ4n) is 2.97. The Balaban J connectivity index is 1.76. The van der Waals surface area contributed by atoms with Crippen molar-refractivity contribution in [2.24, 2.45) is 0 Å². The minimum atomic E-state index is -1.76. The lowest BCUT2D eigenvalue weighted by Crippen LogP contribution is -2.60. The van der Waals surface area contributed by atoms with Gasteiger partial charge in [0.25, 0.3) is 0 Å². The third-order valence-electron chi connectivity index (χ3n) is 4.74. The second-order valence-electron chi connectivity index (χ2n) is 6.82. The molecule has 0 spiro atoms. The Morgan fingerprint density at radius 1 is 1.12 bits per heavy atom. The topological polar surface area (TPSA) is 185 Å². The highest BCUT2D eigenvalue weighted by Gasteiger charge is 2.45. The van der Waals surface area contributed by atoms with Gasteiger partial charge in [-0.05, 0) is 18.2 Å². The fraction of sp³-hybridized carbons (Fsp3) is 0.400. The number of phenols is 1. The Kier molecular flexibility index (Phi) is 7.33. The second kappa shape index (κ2) is 9.97. The maximum Gasteiger partial charge on any atom is 0.338 e. The Morgan fingerprint density at radius 3 is 2.56 bits per heavy atom. The normalized spacial score (nSPS) is 25.2. The van der Waals surface area contributed by atoms with Crippen LogP contribution in [0.4, 0.5) is 0 Å². The molecule has 1 fully saturated rings. The summed E-state index contributed by atoms with van der Waals surface area (Å²) in [6, 6.07) is 4.80. The van der Waals surface area contributed by atoms with E-state index in [0.29, 0.717) is 0 Å². The van der Waals surface area contributed by atoms with E-state index in [4.69, 9.17) is 23.4 Å². The van der Waals surface area contributed by atoms with Crippen molar-refractivity contribution in [1.82, 2.24) is 0 Å². The first kappa shape index (κ1) is 23.5. The lowest BCUT2D eigenvalue weighted by molar-refractivity contribution is -0.278. The first-order valence-electron chi connectivity index (χ1n) is 9.38. The predicted molar refractivity (Wildman–Crippen MR) is 103 cm³/mol. The maximum absolute atomic E-state index is 12.3.